The summed E-state index contributed by atoms with van der Waals surface area (Å²) < 4.78 is 13.3. The number of benzene rings is 3. The largest absolute Gasteiger partial charge is 0.495 e. The van der Waals surface area contributed by atoms with E-state index in [-0.39, 0.29) is 11.7 Å². The van der Waals surface area contributed by atoms with Gasteiger partial charge < -0.3 is 14.5 Å². The van der Waals surface area contributed by atoms with Crippen molar-refractivity contribution in [1.29, 1.82) is 0 Å². The standard InChI is InChI=1S/C25H17BrN2O3S/c1-30-21-11-8-16(25-28-18-4-2-3-5-23(18)32-25)14-19(21)27-24(29)22-13-12-20(31-22)15-6-9-17(26)10-7-15/h2-14H,1H3,(H,27,29). The van der Waals surface area contributed by atoms with Crippen molar-refractivity contribution >= 4 is 49.1 Å². The van der Waals surface area contributed by atoms with Crippen molar-refractivity contribution in [1.82, 2.24) is 4.98 Å². The van der Waals surface area contributed by atoms with E-state index in [0.29, 0.717) is 17.2 Å². The SMILES string of the molecule is COc1ccc(-c2nc3ccccc3s2)cc1NC(=O)c1ccc(-c2ccc(Br)cc2)o1. The molecule has 0 radical (unpaired) electrons. The number of anilines is 1. The van der Waals surface area contributed by atoms with E-state index in [9.17, 15) is 4.79 Å². The van der Waals surface area contributed by atoms with Gasteiger partial charge in [0.15, 0.2) is 5.76 Å². The van der Waals surface area contributed by atoms with Gasteiger partial charge in [0, 0.05) is 15.6 Å². The Morgan fingerprint density at radius 2 is 1.78 bits per heavy atom. The summed E-state index contributed by atoms with van der Waals surface area (Å²) in [6.07, 6.45) is 0. The van der Waals surface area contributed by atoms with Crippen LogP contribution >= 0.6 is 27.3 Å². The topological polar surface area (TPSA) is 64.4 Å². The highest BCUT2D eigenvalue weighted by atomic mass is 79.9. The van der Waals surface area contributed by atoms with Crippen LogP contribution in [0.15, 0.2) is 87.8 Å². The predicted octanol–water partition coefficient (Wildman–Crippen LogP) is 7.25. The summed E-state index contributed by atoms with van der Waals surface area (Å²) in [5, 5.41) is 3.78. The Bertz CT molecular complexity index is 1390. The zero-order chi connectivity index (χ0) is 22.1. The number of hydrogen-bond donors (Lipinski definition) is 1. The molecular weight excluding hydrogens is 488 g/mol. The third kappa shape index (κ3) is 4.04. The number of nitrogens with zero attached hydrogens (tertiary/aromatic N) is 1. The van der Waals surface area contributed by atoms with Crippen molar-refractivity contribution in [3.05, 3.63) is 89.1 Å². The van der Waals surface area contributed by atoms with Gasteiger partial charge in [-0.15, -0.1) is 11.3 Å². The maximum absolute atomic E-state index is 12.9. The molecule has 0 aliphatic carbocycles. The fourth-order valence-corrected chi connectivity index (χ4v) is 4.57. The Morgan fingerprint density at radius 3 is 2.56 bits per heavy atom. The number of methoxy groups -OCH3 is 1. The van der Waals surface area contributed by atoms with Crippen LogP contribution in [-0.4, -0.2) is 18.0 Å². The predicted molar refractivity (Wildman–Crippen MR) is 131 cm³/mol. The van der Waals surface area contributed by atoms with Crippen LogP contribution in [0.25, 0.3) is 32.1 Å². The Kier molecular flexibility index (Phi) is 5.51. The van der Waals surface area contributed by atoms with E-state index in [4.69, 9.17) is 14.1 Å². The fraction of sp³-hybridized carbons (Fsp3) is 0.0400. The van der Waals surface area contributed by atoms with E-state index in [1.165, 1.54) is 0 Å². The minimum atomic E-state index is -0.354. The second kappa shape index (κ2) is 8.61. The zero-order valence-corrected chi connectivity index (χ0v) is 19.4. The number of hydrogen-bond acceptors (Lipinski definition) is 5. The van der Waals surface area contributed by atoms with Crippen molar-refractivity contribution in [2.45, 2.75) is 0 Å². The van der Waals surface area contributed by atoms with Crippen LogP contribution in [-0.2, 0) is 0 Å². The maximum atomic E-state index is 12.9. The van der Waals surface area contributed by atoms with Crippen LogP contribution in [0.4, 0.5) is 5.69 Å². The number of amides is 1. The molecule has 0 aliphatic heterocycles. The summed E-state index contributed by atoms with van der Waals surface area (Å²) in [5.74, 6) is 1.05. The van der Waals surface area contributed by atoms with Crippen LogP contribution in [0.2, 0.25) is 0 Å². The van der Waals surface area contributed by atoms with Gasteiger partial charge in [0.05, 0.1) is 23.0 Å². The second-order valence-corrected chi connectivity index (χ2v) is 8.97. The summed E-state index contributed by atoms with van der Waals surface area (Å²) in [4.78, 5) is 17.6. The van der Waals surface area contributed by atoms with Gasteiger partial charge >= 0.3 is 0 Å². The van der Waals surface area contributed by atoms with Crippen molar-refractivity contribution in [3.63, 3.8) is 0 Å². The van der Waals surface area contributed by atoms with E-state index in [1.807, 2.05) is 66.7 Å². The van der Waals surface area contributed by atoms with Gasteiger partial charge in [-0.2, -0.15) is 0 Å². The van der Waals surface area contributed by atoms with Crippen LogP contribution in [0, 0.1) is 0 Å². The first-order valence-corrected chi connectivity index (χ1v) is 11.4. The lowest BCUT2D eigenvalue weighted by Crippen LogP contribution is -2.11. The van der Waals surface area contributed by atoms with E-state index in [0.717, 1.165) is 30.8 Å². The Hall–Kier alpha value is -3.42. The number of fused-ring (bicyclic) bond motifs is 1. The Morgan fingerprint density at radius 1 is 1.00 bits per heavy atom. The van der Waals surface area contributed by atoms with Gasteiger partial charge in [-0.1, -0.05) is 40.2 Å². The third-order valence-corrected chi connectivity index (χ3v) is 6.56. The molecule has 0 atom stereocenters. The van der Waals surface area contributed by atoms with Crippen molar-refractivity contribution in [2.24, 2.45) is 0 Å². The summed E-state index contributed by atoms with van der Waals surface area (Å²) in [6.45, 7) is 0. The molecule has 5 rings (SSSR count). The van der Waals surface area contributed by atoms with Crippen LogP contribution in [0.3, 0.4) is 0 Å². The molecule has 0 bridgehead atoms. The smallest absolute Gasteiger partial charge is 0.291 e. The number of carbonyl (C=O) groups excluding carboxylic acids is 1. The average molecular weight is 505 g/mol. The number of halogens is 1. The highest BCUT2D eigenvalue weighted by Gasteiger charge is 2.16. The molecule has 158 valence electrons. The van der Waals surface area contributed by atoms with E-state index >= 15 is 0 Å². The lowest BCUT2D eigenvalue weighted by Gasteiger charge is -2.10. The normalized spacial score (nSPS) is 10.9. The average Bonchev–Trinajstić information content (AvgIpc) is 3.47. The van der Waals surface area contributed by atoms with Crippen LogP contribution < -0.4 is 10.1 Å². The molecule has 5 nitrogen and oxygen atoms in total. The molecule has 5 aromatic rings. The van der Waals surface area contributed by atoms with Gasteiger partial charge in [0.25, 0.3) is 5.91 Å². The van der Waals surface area contributed by atoms with Gasteiger partial charge in [-0.3, -0.25) is 4.79 Å². The summed E-state index contributed by atoms with van der Waals surface area (Å²) in [7, 11) is 1.57. The minimum Gasteiger partial charge on any atom is -0.495 e. The first-order chi connectivity index (χ1) is 15.6. The molecule has 7 heteroatoms. The van der Waals surface area contributed by atoms with Gasteiger partial charge in [0.1, 0.15) is 16.5 Å². The number of thiazole rings is 1. The molecule has 0 saturated carbocycles. The number of aromatic nitrogens is 1. The van der Waals surface area contributed by atoms with Crippen molar-refractivity contribution in [3.8, 4) is 27.6 Å². The minimum absolute atomic E-state index is 0.218. The summed E-state index contributed by atoms with van der Waals surface area (Å²) >= 11 is 5.02. The number of rotatable bonds is 5. The Balaban J connectivity index is 1.42. The molecule has 1 amide bonds. The lowest BCUT2D eigenvalue weighted by atomic mass is 10.2. The molecule has 0 unspecified atom stereocenters. The number of carbonyl (C=O) groups is 1. The quantitative estimate of drug-likeness (QED) is 0.273. The molecule has 2 aromatic heterocycles. The molecule has 0 aliphatic rings. The van der Waals surface area contributed by atoms with Crippen molar-refractivity contribution in [2.75, 3.05) is 12.4 Å². The molecule has 0 saturated heterocycles. The molecule has 0 fully saturated rings. The fourth-order valence-electron chi connectivity index (χ4n) is 3.35. The van der Waals surface area contributed by atoms with E-state index in [1.54, 1.807) is 30.6 Å². The molecule has 32 heavy (non-hydrogen) atoms. The highest BCUT2D eigenvalue weighted by molar-refractivity contribution is 9.10. The first kappa shape index (κ1) is 20.5. The summed E-state index contributed by atoms with van der Waals surface area (Å²) in [6, 6.07) is 24.8. The number of para-hydroxylation sites is 1. The molecule has 1 N–H and O–H groups in total. The summed E-state index contributed by atoms with van der Waals surface area (Å²) in [5.41, 5.74) is 3.29. The van der Waals surface area contributed by atoms with Gasteiger partial charge in [0.2, 0.25) is 0 Å². The number of furan rings is 1. The first-order valence-electron chi connectivity index (χ1n) is 9.82. The van der Waals surface area contributed by atoms with E-state index in [2.05, 4.69) is 21.2 Å². The van der Waals surface area contributed by atoms with Gasteiger partial charge in [-0.05, 0) is 54.6 Å². The Labute approximate surface area is 196 Å². The highest BCUT2D eigenvalue weighted by Crippen LogP contribution is 2.35. The van der Waals surface area contributed by atoms with Crippen LogP contribution in [0.5, 0.6) is 5.75 Å². The van der Waals surface area contributed by atoms with Gasteiger partial charge in [-0.25, -0.2) is 4.98 Å². The second-order valence-electron chi connectivity index (χ2n) is 7.03. The monoisotopic (exact) mass is 504 g/mol. The molecule has 3 aromatic carbocycles. The lowest BCUT2D eigenvalue weighted by molar-refractivity contribution is 0.0997. The van der Waals surface area contributed by atoms with Crippen LogP contribution in [0.1, 0.15) is 10.6 Å². The maximum Gasteiger partial charge on any atom is 0.291 e. The zero-order valence-electron chi connectivity index (χ0n) is 17.0. The molecular formula is C25H17BrN2O3S. The third-order valence-electron chi connectivity index (χ3n) is 4.95. The number of nitrogens with one attached hydrogen (secondary N) is 1. The molecule has 0 spiro atoms. The van der Waals surface area contributed by atoms with E-state index < -0.39 is 0 Å². The number of ether oxygens (including phenoxy) is 1. The molecule has 2 heterocycles. The van der Waals surface area contributed by atoms with Crippen molar-refractivity contribution < 1.29 is 13.9 Å².